The zero-order chi connectivity index (χ0) is 14.5. The molecule has 0 heterocycles. The van der Waals surface area contributed by atoms with Crippen molar-refractivity contribution in [2.24, 2.45) is 5.92 Å². The summed E-state index contributed by atoms with van der Waals surface area (Å²) in [4.78, 5) is 9.81. The molecule has 0 spiro atoms. The summed E-state index contributed by atoms with van der Waals surface area (Å²) in [5.74, 6) is -0.0153. The summed E-state index contributed by atoms with van der Waals surface area (Å²) in [5.41, 5.74) is -0.272. The number of nitro groups is 1. The molecule has 7 nitrogen and oxygen atoms in total. The van der Waals surface area contributed by atoms with Crippen molar-refractivity contribution in [2.45, 2.75) is 18.2 Å². The minimum absolute atomic E-state index is 0.0142. The van der Waals surface area contributed by atoms with E-state index in [1.54, 1.807) is 6.92 Å². The molecule has 106 valence electrons. The Hall–Kier alpha value is -1.51. The second-order valence-corrected chi connectivity index (χ2v) is 5.99. The van der Waals surface area contributed by atoms with Crippen LogP contribution in [0.4, 0.5) is 5.69 Å². The Morgan fingerprint density at radius 1 is 1.47 bits per heavy atom. The van der Waals surface area contributed by atoms with E-state index in [0.29, 0.717) is 6.42 Å². The second-order valence-electron chi connectivity index (χ2n) is 4.22. The molecule has 0 aliphatic carbocycles. The van der Waals surface area contributed by atoms with Gasteiger partial charge >= 0.3 is 0 Å². The van der Waals surface area contributed by atoms with Crippen LogP contribution in [0.3, 0.4) is 0 Å². The largest absolute Gasteiger partial charge is 0.396 e. The van der Waals surface area contributed by atoms with Crippen LogP contribution in [0.5, 0.6) is 0 Å². The zero-order valence-electron chi connectivity index (χ0n) is 10.4. The van der Waals surface area contributed by atoms with Gasteiger partial charge in [0.1, 0.15) is 0 Å². The Morgan fingerprint density at radius 3 is 2.74 bits per heavy atom. The summed E-state index contributed by atoms with van der Waals surface area (Å²) in [6, 6.07) is 4.86. The lowest BCUT2D eigenvalue weighted by molar-refractivity contribution is -0.385. The lowest BCUT2D eigenvalue weighted by Crippen LogP contribution is -2.28. The van der Waals surface area contributed by atoms with Crippen molar-refractivity contribution in [3.8, 4) is 0 Å². The molecule has 19 heavy (non-hydrogen) atoms. The van der Waals surface area contributed by atoms with Crippen LogP contribution in [0.25, 0.3) is 0 Å². The number of nitrogens with zero attached hydrogens (tertiary/aromatic N) is 1. The molecule has 0 saturated carbocycles. The van der Waals surface area contributed by atoms with Gasteiger partial charge in [-0.1, -0.05) is 13.0 Å². The molecule has 8 heteroatoms. The molecule has 0 radical (unpaired) electrons. The third-order valence-electron chi connectivity index (χ3n) is 2.58. The molecule has 1 unspecified atom stereocenters. The third-order valence-corrected chi connectivity index (χ3v) is 4.00. The van der Waals surface area contributed by atoms with E-state index in [1.807, 2.05) is 0 Å². The number of nitrogens with one attached hydrogen (secondary N) is 1. The summed E-state index contributed by atoms with van der Waals surface area (Å²) in [5, 5.41) is 19.3. The van der Waals surface area contributed by atoms with E-state index in [4.69, 9.17) is 5.11 Å². The molecule has 0 aliphatic heterocycles. The number of hydrogen-bond donors (Lipinski definition) is 2. The van der Waals surface area contributed by atoms with Crippen LogP contribution < -0.4 is 4.72 Å². The Bertz CT molecular complexity index is 544. The fourth-order valence-corrected chi connectivity index (χ4v) is 2.63. The van der Waals surface area contributed by atoms with Crippen molar-refractivity contribution >= 4 is 15.7 Å². The summed E-state index contributed by atoms with van der Waals surface area (Å²) in [6.45, 7) is 1.96. The quantitative estimate of drug-likeness (QED) is 0.572. The van der Waals surface area contributed by atoms with Crippen molar-refractivity contribution < 1.29 is 18.4 Å². The van der Waals surface area contributed by atoms with E-state index >= 15 is 0 Å². The monoisotopic (exact) mass is 288 g/mol. The Kier molecular flexibility index (Phi) is 5.40. The Balaban J connectivity index is 2.83. The first kappa shape index (κ1) is 15.5. The standard InChI is InChI=1S/C11H16N2O5S/c1-9(5-6-14)8-12-19(17,18)11-4-2-3-10(7-11)13(15)16/h2-4,7,9,12,14H,5-6,8H2,1H3. The minimum atomic E-state index is -3.77. The predicted molar refractivity (Wildman–Crippen MR) is 69.2 cm³/mol. The fourth-order valence-electron chi connectivity index (χ4n) is 1.42. The van der Waals surface area contributed by atoms with Gasteiger partial charge in [0.2, 0.25) is 10.0 Å². The van der Waals surface area contributed by atoms with Gasteiger partial charge in [0.05, 0.1) is 9.82 Å². The predicted octanol–water partition coefficient (Wildman–Crippen LogP) is 0.892. The number of nitro benzene ring substituents is 1. The molecule has 2 N–H and O–H groups in total. The van der Waals surface area contributed by atoms with Gasteiger partial charge in [-0.15, -0.1) is 0 Å². The number of rotatable bonds is 7. The smallest absolute Gasteiger partial charge is 0.270 e. The van der Waals surface area contributed by atoms with E-state index in [-0.39, 0.29) is 29.7 Å². The number of sulfonamides is 1. The zero-order valence-corrected chi connectivity index (χ0v) is 11.3. The maximum Gasteiger partial charge on any atom is 0.270 e. The number of hydrogen-bond acceptors (Lipinski definition) is 5. The summed E-state index contributed by atoms with van der Waals surface area (Å²) in [6.07, 6.45) is 0.484. The van der Waals surface area contributed by atoms with E-state index in [2.05, 4.69) is 4.72 Å². The summed E-state index contributed by atoms with van der Waals surface area (Å²) in [7, 11) is -3.77. The molecular formula is C11H16N2O5S. The van der Waals surface area contributed by atoms with Gasteiger partial charge in [-0.3, -0.25) is 10.1 Å². The van der Waals surface area contributed by atoms with Crippen molar-refractivity contribution in [1.82, 2.24) is 4.72 Å². The molecule has 0 aliphatic rings. The van der Waals surface area contributed by atoms with Crippen LogP contribution >= 0.6 is 0 Å². The van der Waals surface area contributed by atoms with Crippen LogP contribution in [0, 0.1) is 16.0 Å². The number of non-ortho nitro benzene ring substituents is 1. The molecule has 0 fully saturated rings. The Morgan fingerprint density at radius 2 is 2.16 bits per heavy atom. The first-order valence-electron chi connectivity index (χ1n) is 5.72. The molecule has 1 aromatic rings. The lowest BCUT2D eigenvalue weighted by atomic mass is 10.1. The molecule has 1 atom stereocenters. The summed E-state index contributed by atoms with van der Waals surface area (Å²) < 4.78 is 26.2. The van der Waals surface area contributed by atoms with E-state index in [0.717, 1.165) is 6.07 Å². The van der Waals surface area contributed by atoms with Gasteiger partial charge in [0, 0.05) is 25.3 Å². The molecule has 0 bridgehead atoms. The van der Waals surface area contributed by atoms with Gasteiger partial charge in [-0.25, -0.2) is 13.1 Å². The maximum absolute atomic E-state index is 11.9. The van der Waals surface area contributed by atoms with Gasteiger partial charge in [0.25, 0.3) is 5.69 Å². The molecule has 1 aromatic carbocycles. The topological polar surface area (TPSA) is 110 Å². The van der Waals surface area contributed by atoms with Gasteiger partial charge < -0.3 is 5.11 Å². The van der Waals surface area contributed by atoms with Crippen molar-refractivity contribution in [3.63, 3.8) is 0 Å². The average molecular weight is 288 g/mol. The van der Waals surface area contributed by atoms with Crippen molar-refractivity contribution in [1.29, 1.82) is 0 Å². The molecule has 1 rings (SSSR count). The van der Waals surface area contributed by atoms with Crippen LogP contribution in [-0.4, -0.2) is 31.6 Å². The first-order valence-corrected chi connectivity index (χ1v) is 7.20. The average Bonchev–Trinajstić information content (AvgIpc) is 2.37. The number of aliphatic hydroxyl groups excluding tert-OH is 1. The molecular weight excluding hydrogens is 272 g/mol. The van der Waals surface area contributed by atoms with Crippen molar-refractivity contribution in [2.75, 3.05) is 13.2 Å². The van der Waals surface area contributed by atoms with Gasteiger partial charge in [-0.2, -0.15) is 0 Å². The maximum atomic E-state index is 11.9. The van der Waals surface area contributed by atoms with Crippen LogP contribution in [0.15, 0.2) is 29.2 Å². The second kappa shape index (κ2) is 6.60. The fraction of sp³-hybridized carbons (Fsp3) is 0.455. The highest BCUT2D eigenvalue weighted by Crippen LogP contribution is 2.17. The Labute approximate surface area is 111 Å². The van der Waals surface area contributed by atoms with Crippen LogP contribution in [0.2, 0.25) is 0 Å². The minimum Gasteiger partial charge on any atom is -0.396 e. The van der Waals surface area contributed by atoms with E-state index in [9.17, 15) is 18.5 Å². The highest BCUT2D eigenvalue weighted by molar-refractivity contribution is 7.89. The van der Waals surface area contributed by atoms with Crippen LogP contribution in [0.1, 0.15) is 13.3 Å². The summed E-state index contributed by atoms with van der Waals surface area (Å²) >= 11 is 0. The molecule has 0 aromatic heterocycles. The lowest BCUT2D eigenvalue weighted by Gasteiger charge is -2.11. The third kappa shape index (κ3) is 4.58. The highest BCUT2D eigenvalue weighted by atomic mass is 32.2. The number of aliphatic hydroxyl groups is 1. The van der Waals surface area contributed by atoms with E-state index in [1.165, 1.54) is 18.2 Å². The molecule has 0 amide bonds. The SMILES string of the molecule is CC(CCO)CNS(=O)(=O)c1cccc([N+](=O)[O-])c1. The van der Waals surface area contributed by atoms with Gasteiger partial charge in [0.15, 0.2) is 0 Å². The highest BCUT2D eigenvalue weighted by Gasteiger charge is 2.18. The van der Waals surface area contributed by atoms with Gasteiger partial charge in [-0.05, 0) is 18.4 Å². The van der Waals surface area contributed by atoms with E-state index < -0.39 is 14.9 Å². The molecule has 0 saturated heterocycles. The number of benzene rings is 1. The van der Waals surface area contributed by atoms with Crippen LogP contribution in [-0.2, 0) is 10.0 Å². The first-order chi connectivity index (χ1) is 8.86. The normalized spacial score (nSPS) is 13.2. The van der Waals surface area contributed by atoms with Crippen molar-refractivity contribution in [3.05, 3.63) is 34.4 Å².